The van der Waals surface area contributed by atoms with Crippen LogP contribution in [-0.4, -0.2) is 16.9 Å². The van der Waals surface area contributed by atoms with Gasteiger partial charge in [0, 0.05) is 31.5 Å². The van der Waals surface area contributed by atoms with Crippen molar-refractivity contribution < 1.29 is 8.78 Å². The van der Waals surface area contributed by atoms with E-state index in [9.17, 15) is 8.78 Å². The highest BCUT2D eigenvalue weighted by atomic mass is 19.1. The van der Waals surface area contributed by atoms with E-state index in [0.717, 1.165) is 11.6 Å². The maximum atomic E-state index is 13.0. The van der Waals surface area contributed by atoms with Crippen molar-refractivity contribution in [2.75, 3.05) is 7.05 Å². The third-order valence-electron chi connectivity index (χ3n) is 2.58. The lowest BCUT2D eigenvalue weighted by atomic mass is 10.2. The molecule has 0 saturated heterocycles. The number of hydrogen-bond acceptors (Lipinski definition) is 2. The lowest BCUT2D eigenvalue weighted by molar-refractivity contribution is 0.318. The molecule has 0 fully saturated rings. The Labute approximate surface area is 105 Å². The van der Waals surface area contributed by atoms with E-state index >= 15 is 0 Å². The van der Waals surface area contributed by atoms with Crippen molar-refractivity contribution in [3.8, 4) is 0 Å². The Balaban J connectivity index is 2.01. The van der Waals surface area contributed by atoms with Gasteiger partial charge in [-0.15, -0.1) is 0 Å². The van der Waals surface area contributed by atoms with Crippen molar-refractivity contribution in [2.45, 2.75) is 13.1 Å². The van der Waals surface area contributed by atoms with Crippen molar-refractivity contribution in [3.63, 3.8) is 0 Å². The number of benzene rings is 1. The minimum Gasteiger partial charge on any atom is -0.298 e. The Morgan fingerprint density at radius 1 is 0.944 bits per heavy atom. The zero-order valence-corrected chi connectivity index (χ0v) is 10.1. The molecule has 18 heavy (non-hydrogen) atoms. The van der Waals surface area contributed by atoms with E-state index in [1.165, 1.54) is 12.1 Å². The zero-order chi connectivity index (χ0) is 13.0. The predicted molar refractivity (Wildman–Crippen MR) is 65.8 cm³/mol. The van der Waals surface area contributed by atoms with Crippen LogP contribution in [0.15, 0.2) is 42.7 Å². The van der Waals surface area contributed by atoms with Gasteiger partial charge in [-0.05, 0) is 42.4 Å². The summed E-state index contributed by atoms with van der Waals surface area (Å²) in [6, 6.07) is 7.43. The van der Waals surface area contributed by atoms with Crippen LogP contribution in [0.3, 0.4) is 0 Å². The second-order valence-corrected chi connectivity index (χ2v) is 4.31. The molecule has 0 aliphatic heterocycles. The van der Waals surface area contributed by atoms with Crippen LogP contribution in [0.25, 0.3) is 0 Å². The average Bonchev–Trinajstić information content (AvgIpc) is 2.28. The van der Waals surface area contributed by atoms with Crippen molar-refractivity contribution in [3.05, 3.63) is 65.5 Å². The zero-order valence-electron chi connectivity index (χ0n) is 10.1. The highest BCUT2D eigenvalue weighted by Crippen LogP contribution is 2.11. The fourth-order valence-electron chi connectivity index (χ4n) is 1.87. The number of rotatable bonds is 4. The van der Waals surface area contributed by atoms with E-state index in [2.05, 4.69) is 4.98 Å². The summed E-state index contributed by atoms with van der Waals surface area (Å²) < 4.78 is 26.1. The molecule has 0 radical (unpaired) electrons. The fraction of sp³-hybridized carbons (Fsp3) is 0.214. The number of hydrogen-bond donors (Lipinski definition) is 0. The lowest BCUT2D eigenvalue weighted by Gasteiger charge is -2.16. The molecule has 0 N–H and O–H groups in total. The van der Waals surface area contributed by atoms with E-state index in [4.69, 9.17) is 0 Å². The van der Waals surface area contributed by atoms with Gasteiger partial charge < -0.3 is 0 Å². The van der Waals surface area contributed by atoms with Gasteiger partial charge in [0.05, 0.1) is 0 Å². The van der Waals surface area contributed by atoms with Crippen LogP contribution >= 0.6 is 0 Å². The van der Waals surface area contributed by atoms with Crippen molar-refractivity contribution in [1.82, 2.24) is 9.88 Å². The van der Waals surface area contributed by atoms with Crippen LogP contribution in [0.5, 0.6) is 0 Å². The molecule has 2 aromatic rings. The molecule has 4 heteroatoms. The Hall–Kier alpha value is -1.81. The van der Waals surface area contributed by atoms with Gasteiger partial charge in [-0.25, -0.2) is 8.78 Å². The summed E-state index contributed by atoms with van der Waals surface area (Å²) in [4.78, 5) is 5.93. The third-order valence-corrected chi connectivity index (χ3v) is 2.58. The Morgan fingerprint density at radius 3 is 2.11 bits per heavy atom. The van der Waals surface area contributed by atoms with E-state index < -0.39 is 11.6 Å². The molecule has 2 rings (SSSR count). The van der Waals surface area contributed by atoms with E-state index in [-0.39, 0.29) is 0 Å². The molecule has 2 nitrogen and oxygen atoms in total. The first-order chi connectivity index (χ1) is 8.63. The minimum absolute atomic E-state index is 0.497. The SMILES string of the molecule is CN(Cc1ccncc1)Cc1cc(F)cc(F)c1. The van der Waals surface area contributed by atoms with Gasteiger partial charge in [0.15, 0.2) is 0 Å². The van der Waals surface area contributed by atoms with Crippen LogP contribution in [-0.2, 0) is 13.1 Å². The van der Waals surface area contributed by atoms with Crippen LogP contribution in [0.1, 0.15) is 11.1 Å². The molecule has 1 aromatic carbocycles. The first-order valence-electron chi connectivity index (χ1n) is 5.66. The van der Waals surface area contributed by atoms with Crippen LogP contribution in [0.4, 0.5) is 8.78 Å². The maximum Gasteiger partial charge on any atom is 0.126 e. The molecule has 0 amide bonds. The number of aromatic nitrogens is 1. The third kappa shape index (κ3) is 3.60. The smallest absolute Gasteiger partial charge is 0.126 e. The van der Waals surface area contributed by atoms with E-state index in [1.807, 2.05) is 24.1 Å². The first kappa shape index (κ1) is 12.6. The molecule has 0 saturated carbocycles. The number of halogens is 2. The molecule has 0 atom stereocenters. The number of pyridine rings is 1. The van der Waals surface area contributed by atoms with Crippen LogP contribution < -0.4 is 0 Å². The van der Waals surface area contributed by atoms with Gasteiger partial charge in [0.25, 0.3) is 0 Å². The summed E-state index contributed by atoms with van der Waals surface area (Å²) >= 11 is 0. The molecule has 1 heterocycles. The fourth-order valence-corrected chi connectivity index (χ4v) is 1.87. The highest BCUT2D eigenvalue weighted by Gasteiger charge is 2.05. The van der Waals surface area contributed by atoms with Gasteiger partial charge >= 0.3 is 0 Å². The molecule has 0 bridgehead atoms. The Bertz CT molecular complexity index is 494. The van der Waals surface area contributed by atoms with Gasteiger partial charge in [-0.1, -0.05) is 0 Å². The summed E-state index contributed by atoms with van der Waals surface area (Å²) in [5, 5.41) is 0. The monoisotopic (exact) mass is 248 g/mol. The minimum atomic E-state index is -0.540. The molecule has 0 aliphatic rings. The molecular formula is C14H14F2N2. The molecule has 0 spiro atoms. The van der Waals surface area contributed by atoms with Crippen molar-refractivity contribution in [1.29, 1.82) is 0 Å². The second-order valence-electron chi connectivity index (χ2n) is 4.31. The summed E-state index contributed by atoms with van der Waals surface area (Å²) in [6.45, 7) is 1.21. The molecule has 0 aliphatic carbocycles. The van der Waals surface area contributed by atoms with Gasteiger partial charge in [-0.3, -0.25) is 9.88 Å². The quantitative estimate of drug-likeness (QED) is 0.827. The van der Waals surface area contributed by atoms with E-state index in [0.29, 0.717) is 18.7 Å². The molecule has 1 aromatic heterocycles. The summed E-state index contributed by atoms with van der Waals surface area (Å²) in [7, 11) is 1.91. The molecular weight excluding hydrogens is 234 g/mol. The Kier molecular flexibility index (Phi) is 3.99. The Morgan fingerprint density at radius 2 is 1.50 bits per heavy atom. The maximum absolute atomic E-state index is 13.0. The van der Waals surface area contributed by atoms with Crippen molar-refractivity contribution >= 4 is 0 Å². The van der Waals surface area contributed by atoms with Crippen LogP contribution in [0, 0.1) is 11.6 Å². The van der Waals surface area contributed by atoms with E-state index in [1.54, 1.807) is 12.4 Å². The average molecular weight is 248 g/mol. The summed E-state index contributed by atoms with van der Waals surface area (Å²) in [6.07, 6.45) is 3.45. The topological polar surface area (TPSA) is 16.1 Å². The highest BCUT2D eigenvalue weighted by molar-refractivity contribution is 5.18. The first-order valence-corrected chi connectivity index (χ1v) is 5.66. The summed E-state index contributed by atoms with van der Waals surface area (Å²) in [5.41, 5.74) is 1.74. The number of nitrogens with zero attached hydrogens (tertiary/aromatic N) is 2. The van der Waals surface area contributed by atoms with Crippen LogP contribution in [0.2, 0.25) is 0 Å². The van der Waals surface area contributed by atoms with Gasteiger partial charge in [0.2, 0.25) is 0 Å². The van der Waals surface area contributed by atoms with Gasteiger partial charge in [0.1, 0.15) is 11.6 Å². The second kappa shape index (κ2) is 5.69. The standard InChI is InChI=1S/C14H14F2N2/c1-18(9-11-2-4-17-5-3-11)10-12-6-13(15)8-14(16)7-12/h2-8H,9-10H2,1H3. The summed E-state index contributed by atoms with van der Waals surface area (Å²) in [5.74, 6) is -1.08. The predicted octanol–water partition coefficient (Wildman–Crippen LogP) is 2.99. The normalized spacial score (nSPS) is 10.9. The molecule has 0 unspecified atom stereocenters. The molecule has 94 valence electrons. The largest absolute Gasteiger partial charge is 0.298 e. The van der Waals surface area contributed by atoms with Gasteiger partial charge in [-0.2, -0.15) is 0 Å². The lowest BCUT2D eigenvalue weighted by Crippen LogP contribution is -2.17. The van der Waals surface area contributed by atoms with Crippen molar-refractivity contribution in [2.24, 2.45) is 0 Å².